The van der Waals surface area contributed by atoms with Crippen molar-refractivity contribution in [2.45, 2.75) is 46.6 Å². The third kappa shape index (κ3) is 7.13. The van der Waals surface area contributed by atoms with Gasteiger partial charge in [-0.05, 0) is 39.8 Å². The third-order valence-electron chi connectivity index (χ3n) is 4.54. The number of likely N-dealkylation sites (tertiary alicyclic amines) is 1. The molecule has 142 valence electrons. The predicted octanol–water partition coefficient (Wildman–Crippen LogP) is 2.19. The van der Waals surface area contributed by atoms with Crippen LogP contribution < -0.4 is 5.32 Å². The van der Waals surface area contributed by atoms with Crippen molar-refractivity contribution < 1.29 is 9.53 Å². The standard InChI is InChI=1S/C17H34N4O2.HI/c1-6-20(7-2)14(4)12-19-17(18-5)21-11-9-10-15(13-21)16(22)23-8-3;/h14-15H,6-13H2,1-5H3,(H,18,19);1H. The Morgan fingerprint density at radius 2 is 2.04 bits per heavy atom. The molecule has 1 saturated heterocycles. The number of esters is 1. The molecule has 0 saturated carbocycles. The summed E-state index contributed by atoms with van der Waals surface area (Å²) < 4.78 is 5.17. The van der Waals surface area contributed by atoms with Crippen molar-refractivity contribution in [2.24, 2.45) is 10.9 Å². The summed E-state index contributed by atoms with van der Waals surface area (Å²) in [7, 11) is 1.80. The first kappa shape index (κ1) is 23.4. The number of likely N-dealkylation sites (N-methyl/N-ethyl adjacent to an activating group) is 1. The number of rotatable bonds is 7. The lowest BCUT2D eigenvalue weighted by Crippen LogP contribution is -2.51. The molecule has 7 heteroatoms. The van der Waals surface area contributed by atoms with Gasteiger partial charge in [0.25, 0.3) is 0 Å². The zero-order valence-electron chi connectivity index (χ0n) is 15.9. The van der Waals surface area contributed by atoms with E-state index in [4.69, 9.17) is 4.74 Å². The van der Waals surface area contributed by atoms with Crippen LogP contribution in [0.25, 0.3) is 0 Å². The van der Waals surface area contributed by atoms with Crippen LogP contribution in [0.15, 0.2) is 4.99 Å². The lowest BCUT2D eigenvalue weighted by Gasteiger charge is -2.35. The number of piperidine rings is 1. The summed E-state index contributed by atoms with van der Waals surface area (Å²) in [6.07, 6.45) is 1.90. The Balaban J connectivity index is 0.00000529. The third-order valence-corrected chi connectivity index (χ3v) is 4.54. The van der Waals surface area contributed by atoms with E-state index in [0.29, 0.717) is 19.2 Å². The van der Waals surface area contributed by atoms with Gasteiger partial charge in [0.1, 0.15) is 0 Å². The van der Waals surface area contributed by atoms with Crippen molar-refractivity contribution in [3.05, 3.63) is 0 Å². The van der Waals surface area contributed by atoms with E-state index in [2.05, 4.69) is 40.9 Å². The molecule has 0 aromatic rings. The fourth-order valence-corrected chi connectivity index (χ4v) is 3.17. The largest absolute Gasteiger partial charge is 0.466 e. The van der Waals surface area contributed by atoms with Crippen LogP contribution in [0.4, 0.5) is 0 Å². The Hall–Kier alpha value is -0.570. The Morgan fingerprint density at radius 1 is 1.38 bits per heavy atom. The van der Waals surface area contributed by atoms with E-state index >= 15 is 0 Å². The van der Waals surface area contributed by atoms with Crippen LogP contribution in [0.5, 0.6) is 0 Å². The maximum absolute atomic E-state index is 12.0. The summed E-state index contributed by atoms with van der Waals surface area (Å²) in [5.41, 5.74) is 0. The van der Waals surface area contributed by atoms with E-state index in [9.17, 15) is 4.79 Å². The molecule has 1 heterocycles. The van der Waals surface area contributed by atoms with E-state index < -0.39 is 0 Å². The van der Waals surface area contributed by atoms with Crippen LogP contribution >= 0.6 is 24.0 Å². The summed E-state index contributed by atoms with van der Waals surface area (Å²) in [5.74, 6) is 0.768. The average Bonchev–Trinajstić information content (AvgIpc) is 2.57. The van der Waals surface area contributed by atoms with Gasteiger partial charge in [-0.3, -0.25) is 14.7 Å². The van der Waals surface area contributed by atoms with Crippen molar-refractivity contribution in [2.75, 3.05) is 46.4 Å². The molecule has 1 N–H and O–H groups in total. The SMILES string of the molecule is CCOC(=O)C1CCCN(C(=NC)NCC(C)N(CC)CC)C1.I. The fraction of sp³-hybridized carbons (Fsp3) is 0.882. The van der Waals surface area contributed by atoms with Crippen molar-refractivity contribution in [3.8, 4) is 0 Å². The van der Waals surface area contributed by atoms with Gasteiger partial charge in [0.2, 0.25) is 0 Å². The van der Waals surface area contributed by atoms with Crippen LogP contribution in [0.1, 0.15) is 40.5 Å². The van der Waals surface area contributed by atoms with Gasteiger partial charge in [-0.15, -0.1) is 24.0 Å². The van der Waals surface area contributed by atoms with Gasteiger partial charge in [0.15, 0.2) is 5.96 Å². The molecule has 2 atom stereocenters. The Kier molecular flexibility index (Phi) is 12.4. The van der Waals surface area contributed by atoms with E-state index in [-0.39, 0.29) is 35.9 Å². The van der Waals surface area contributed by atoms with Crippen molar-refractivity contribution in [3.63, 3.8) is 0 Å². The minimum Gasteiger partial charge on any atom is -0.466 e. The second-order valence-corrected chi connectivity index (χ2v) is 6.04. The van der Waals surface area contributed by atoms with E-state index in [1.54, 1.807) is 7.05 Å². The smallest absolute Gasteiger partial charge is 0.310 e. The van der Waals surface area contributed by atoms with Gasteiger partial charge in [-0.2, -0.15) is 0 Å². The van der Waals surface area contributed by atoms with Gasteiger partial charge in [0.05, 0.1) is 12.5 Å². The first-order valence-electron chi connectivity index (χ1n) is 8.93. The molecule has 1 rings (SSSR count). The molecular weight excluding hydrogens is 419 g/mol. The number of hydrogen-bond donors (Lipinski definition) is 1. The number of nitrogens with one attached hydrogen (secondary N) is 1. The number of guanidine groups is 1. The Labute approximate surface area is 164 Å². The first-order valence-corrected chi connectivity index (χ1v) is 8.93. The second-order valence-electron chi connectivity index (χ2n) is 6.04. The van der Waals surface area contributed by atoms with Crippen molar-refractivity contribution in [1.29, 1.82) is 0 Å². The van der Waals surface area contributed by atoms with E-state index in [0.717, 1.165) is 45.0 Å². The monoisotopic (exact) mass is 454 g/mol. The maximum Gasteiger partial charge on any atom is 0.310 e. The number of nitrogens with zero attached hydrogens (tertiary/aromatic N) is 3. The van der Waals surface area contributed by atoms with Gasteiger partial charge in [-0.1, -0.05) is 13.8 Å². The molecule has 0 aromatic carbocycles. The molecule has 0 aromatic heterocycles. The lowest BCUT2D eigenvalue weighted by molar-refractivity contribution is -0.149. The van der Waals surface area contributed by atoms with Crippen LogP contribution in [-0.2, 0) is 9.53 Å². The number of halogens is 1. The molecule has 0 aliphatic carbocycles. The number of ether oxygens (including phenoxy) is 1. The molecule has 0 amide bonds. The van der Waals surface area contributed by atoms with Crippen molar-refractivity contribution in [1.82, 2.24) is 15.1 Å². The summed E-state index contributed by atoms with van der Waals surface area (Å²) in [4.78, 5) is 21.0. The first-order chi connectivity index (χ1) is 11.1. The summed E-state index contributed by atoms with van der Waals surface area (Å²) in [5, 5.41) is 3.46. The Morgan fingerprint density at radius 3 is 2.58 bits per heavy atom. The van der Waals surface area contributed by atoms with Gasteiger partial charge < -0.3 is 15.0 Å². The van der Waals surface area contributed by atoms with Gasteiger partial charge >= 0.3 is 5.97 Å². The van der Waals surface area contributed by atoms with Gasteiger partial charge in [-0.25, -0.2) is 0 Å². The zero-order valence-corrected chi connectivity index (χ0v) is 18.2. The number of aliphatic imine (C=N–C) groups is 1. The highest BCUT2D eigenvalue weighted by Gasteiger charge is 2.28. The number of carbonyl (C=O) groups is 1. The summed E-state index contributed by atoms with van der Waals surface area (Å²) in [6, 6.07) is 0.451. The fourth-order valence-electron chi connectivity index (χ4n) is 3.17. The van der Waals surface area contributed by atoms with Gasteiger partial charge in [0, 0.05) is 32.7 Å². The van der Waals surface area contributed by atoms with E-state index in [1.165, 1.54) is 0 Å². The second kappa shape index (κ2) is 12.7. The molecule has 0 bridgehead atoms. The quantitative estimate of drug-likeness (QED) is 0.277. The topological polar surface area (TPSA) is 57.2 Å². The highest BCUT2D eigenvalue weighted by Crippen LogP contribution is 2.18. The molecular formula is C17H35IN4O2. The van der Waals surface area contributed by atoms with Crippen LogP contribution in [0.3, 0.4) is 0 Å². The molecule has 24 heavy (non-hydrogen) atoms. The highest BCUT2D eigenvalue weighted by molar-refractivity contribution is 14.0. The minimum absolute atomic E-state index is 0. The normalized spacial score (nSPS) is 19.7. The van der Waals surface area contributed by atoms with Crippen LogP contribution in [-0.4, -0.2) is 74.1 Å². The van der Waals surface area contributed by atoms with E-state index in [1.807, 2.05) is 6.92 Å². The lowest BCUT2D eigenvalue weighted by atomic mass is 9.98. The van der Waals surface area contributed by atoms with Crippen LogP contribution in [0, 0.1) is 5.92 Å². The number of hydrogen-bond acceptors (Lipinski definition) is 4. The van der Waals surface area contributed by atoms with Crippen molar-refractivity contribution >= 4 is 35.9 Å². The summed E-state index contributed by atoms with van der Waals surface area (Å²) in [6.45, 7) is 13.5. The van der Waals surface area contributed by atoms with Crippen LogP contribution in [0.2, 0.25) is 0 Å². The molecule has 0 spiro atoms. The number of carbonyl (C=O) groups excluding carboxylic acids is 1. The highest BCUT2D eigenvalue weighted by atomic mass is 127. The summed E-state index contributed by atoms with van der Waals surface area (Å²) >= 11 is 0. The molecule has 0 radical (unpaired) electrons. The zero-order chi connectivity index (χ0) is 17.2. The molecule has 6 nitrogen and oxygen atoms in total. The maximum atomic E-state index is 12.0. The Bertz CT molecular complexity index is 389. The average molecular weight is 454 g/mol. The molecule has 1 aliphatic rings. The minimum atomic E-state index is -0.0795. The molecule has 2 unspecified atom stereocenters. The predicted molar refractivity (Wildman–Crippen MR) is 110 cm³/mol. The molecule has 1 aliphatic heterocycles. The molecule has 1 fully saturated rings.